The van der Waals surface area contributed by atoms with Crippen LogP contribution in [0.1, 0.15) is 35.3 Å². The van der Waals surface area contributed by atoms with Crippen molar-refractivity contribution in [3.8, 4) is 5.75 Å². The van der Waals surface area contributed by atoms with Crippen LogP contribution in [0.15, 0.2) is 84.9 Å². The monoisotopic (exact) mass is 344 g/mol. The van der Waals surface area contributed by atoms with Crippen LogP contribution in [0, 0.1) is 5.41 Å². The minimum atomic E-state index is -0.451. The highest BCUT2D eigenvalue weighted by atomic mass is 16.5. The predicted octanol–water partition coefficient (Wildman–Crippen LogP) is 5.72. The fraction of sp³-hybridized carbons (Fsp3) is 0.208. The predicted molar refractivity (Wildman–Crippen MR) is 105 cm³/mol. The van der Waals surface area contributed by atoms with Gasteiger partial charge in [-0.05, 0) is 41.8 Å². The van der Waals surface area contributed by atoms with E-state index in [1.165, 1.54) is 5.56 Å². The van der Waals surface area contributed by atoms with Crippen molar-refractivity contribution in [1.29, 1.82) is 0 Å². The third kappa shape index (κ3) is 4.60. The molecular formula is C24H24O2. The smallest absolute Gasteiger partial charge is 0.168 e. The quantitative estimate of drug-likeness (QED) is 0.513. The van der Waals surface area contributed by atoms with Crippen molar-refractivity contribution in [3.05, 3.63) is 102 Å². The maximum Gasteiger partial charge on any atom is 0.168 e. The lowest BCUT2D eigenvalue weighted by Gasteiger charge is -2.23. The molecule has 0 unspecified atom stereocenters. The Morgan fingerprint density at radius 1 is 0.769 bits per heavy atom. The Kier molecular flexibility index (Phi) is 5.52. The second-order valence-corrected chi connectivity index (χ2v) is 7.17. The molecule has 132 valence electrons. The number of ketones is 1. The first-order valence-electron chi connectivity index (χ1n) is 8.90. The molecule has 0 aromatic heterocycles. The standard InChI is InChI=1S/C24H24O2/c1-24(2,17-19-9-5-3-6-10-19)23(25)21-13-15-22(16-14-21)26-18-20-11-7-4-8-12-20/h3-16H,17-18H2,1-2H3. The van der Waals surface area contributed by atoms with Crippen molar-refractivity contribution in [2.45, 2.75) is 26.9 Å². The molecular weight excluding hydrogens is 320 g/mol. The summed E-state index contributed by atoms with van der Waals surface area (Å²) in [5.74, 6) is 0.919. The molecule has 0 heterocycles. The first-order chi connectivity index (χ1) is 12.5. The molecule has 3 aromatic carbocycles. The van der Waals surface area contributed by atoms with Gasteiger partial charge in [-0.25, -0.2) is 0 Å². The van der Waals surface area contributed by atoms with E-state index in [1.54, 1.807) is 0 Å². The number of Topliss-reactive ketones (excluding diaryl/α,β-unsaturated/α-hetero) is 1. The molecule has 26 heavy (non-hydrogen) atoms. The zero-order chi connectivity index (χ0) is 18.4. The lowest BCUT2D eigenvalue weighted by Crippen LogP contribution is -2.26. The van der Waals surface area contributed by atoms with Crippen molar-refractivity contribution in [2.75, 3.05) is 0 Å². The average molecular weight is 344 g/mol. The number of carbonyl (C=O) groups is 1. The lowest BCUT2D eigenvalue weighted by atomic mass is 9.79. The first kappa shape index (κ1) is 17.9. The van der Waals surface area contributed by atoms with Crippen LogP contribution in [0.4, 0.5) is 0 Å². The van der Waals surface area contributed by atoms with Crippen LogP contribution in [-0.2, 0) is 13.0 Å². The number of hydrogen-bond donors (Lipinski definition) is 0. The van der Waals surface area contributed by atoms with E-state index in [1.807, 2.05) is 86.6 Å². The molecule has 0 atom stereocenters. The van der Waals surface area contributed by atoms with Gasteiger partial charge in [0.25, 0.3) is 0 Å². The molecule has 0 amide bonds. The summed E-state index contributed by atoms with van der Waals surface area (Å²) in [6, 6.07) is 27.6. The van der Waals surface area contributed by atoms with Gasteiger partial charge in [-0.15, -0.1) is 0 Å². The second-order valence-electron chi connectivity index (χ2n) is 7.17. The number of rotatable bonds is 7. The van der Waals surface area contributed by atoms with E-state index in [0.717, 1.165) is 23.3 Å². The van der Waals surface area contributed by atoms with Gasteiger partial charge in [0.15, 0.2) is 5.78 Å². The summed E-state index contributed by atoms with van der Waals surface area (Å²) < 4.78 is 5.80. The van der Waals surface area contributed by atoms with Gasteiger partial charge in [0, 0.05) is 11.0 Å². The fourth-order valence-corrected chi connectivity index (χ4v) is 3.02. The molecule has 3 rings (SSSR count). The third-order valence-corrected chi connectivity index (χ3v) is 4.47. The van der Waals surface area contributed by atoms with E-state index in [-0.39, 0.29) is 5.78 Å². The Morgan fingerprint density at radius 2 is 1.31 bits per heavy atom. The van der Waals surface area contributed by atoms with Crippen LogP contribution >= 0.6 is 0 Å². The highest BCUT2D eigenvalue weighted by molar-refractivity contribution is 6.00. The van der Waals surface area contributed by atoms with E-state index >= 15 is 0 Å². The molecule has 0 saturated carbocycles. The largest absolute Gasteiger partial charge is 0.489 e. The van der Waals surface area contributed by atoms with Gasteiger partial charge >= 0.3 is 0 Å². The average Bonchev–Trinajstić information content (AvgIpc) is 2.67. The molecule has 2 heteroatoms. The molecule has 0 fully saturated rings. The summed E-state index contributed by atoms with van der Waals surface area (Å²) >= 11 is 0. The number of hydrogen-bond acceptors (Lipinski definition) is 2. The maximum absolute atomic E-state index is 12.9. The minimum absolute atomic E-state index is 0.149. The summed E-state index contributed by atoms with van der Waals surface area (Å²) in [5.41, 5.74) is 2.57. The molecule has 2 nitrogen and oxygen atoms in total. The molecule has 0 saturated heterocycles. The summed E-state index contributed by atoms with van der Waals surface area (Å²) in [5, 5.41) is 0. The van der Waals surface area contributed by atoms with Gasteiger partial charge in [0.2, 0.25) is 0 Å². The normalized spacial score (nSPS) is 11.2. The van der Waals surface area contributed by atoms with Crippen LogP contribution in [0.2, 0.25) is 0 Å². The van der Waals surface area contributed by atoms with Crippen LogP contribution in [0.25, 0.3) is 0 Å². The van der Waals surface area contributed by atoms with Crippen molar-refractivity contribution in [1.82, 2.24) is 0 Å². The van der Waals surface area contributed by atoms with E-state index in [9.17, 15) is 4.79 Å². The van der Waals surface area contributed by atoms with Crippen molar-refractivity contribution in [2.24, 2.45) is 5.41 Å². The van der Waals surface area contributed by atoms with Gasteiger partial charge in [-0.1, -0.05) is 74.5 Å². The molecule has 0 aliphatic rings. The summed E-state index contributed by atoms with van der Waals surface area (Å²) in [4.78, 5) is 12.9. The van der Waals surface area contributed by atoms with E-state index in [2.05, 4.69) is 12.1 Å². The minimum Gasteiger partial charge on any atom is -0.489 e. The van der Waals surface area contributed by atoms with Crippen LogP contribution in [0.3, 0.4) is 0 Å². The Morgan fingerprint density at radius 3 is 1.88 bits per heavy atom. The SMILES string of the molecule is CC(C)(Cc1ccccc1)C(=O)c1ccc(OCc2ccccc2)cc1. The maximum atomic E-state index is 12.9. The van der Waals surface area contributed by atoms with Gasteiger partial charge < -0.3 is 4.74 Å². The zero-order valence-corrected chi connectivity index (χ0v) is 15.3. The Bertz CT molecular complexity index is 834. The van der Waals surface area contributed by atoms with Crippen molar-refractivity contribution in [3.63, 3.8) is 0 Å². The fourth-order valence-electron chi connectivity index (χ4n) is 3.02. The summed E-state index contributed by atoms with van der Waals surface area (Å²) in [6.45, 7) is 4.53. The van der Waals surface area contributed by atoms with Gasteiger partial charge in [0.05, 0.1) is 0 Å². The number of ether oxygens (including phenoxy) is 1. The van der Waals surface area contributed by atoms with Crippen LogP contribution < -0.4 is 4.74 Å². The van der Waals surface area contributed by atoms with Gasteiger partial charge in [-0.3, -0.25) is 4.79 Å². The van der Waals surface area contributed by atoms with E-state index in [0.29, 0.717) is 6.61 Å². The molecule has 0 aliphatic carbocycles. The number of carbonyl (C=O) groups excluding carboxylic acids is 1. The van der Waals surface area contributed by atoms with Crippen molar-refractivity contribution < 1.29 is 9.53 Å². The highest BCUT2D eigenvalue weighted by Gasteiger charge is 2.28. The topological polar surface area (TPSA) is 26.3 Å². The van der Waals surface area contributed by atoms with Crippen molar-refractivity contribution >= 4 is 5.78 Å². The molecule has 0 spiro atoms. The Balaban J connectivity index is 1.64. The van der Waals surface area contributed by atoms with Gasteiger partial charge in [-0.2, -0.15) is 0 Å². The number of benzene rings is 3. The molecule has 0 bridgehead atoms. The van der Waals surface area contributed by atoms with Crippen LogP contribution in [0.5, 0.6) is 5.75 Å². The van der Waals surface area contributed by atoms with Crippen LogP contribution in [-0.4, -0.2) is 5.78 Å². The Labute approximate surface area is 155 Å². The molecule has 0 aliphatic heterocycles. The van der Waals surface area contributed by atoms with E-state index in [4.69, 9.17) is 4.74 Å². The Hall–Kier alpha value is -2.87. The zero-order valence-electron chi connectivity index (χ0n) is 15.3. The molecule has 0 radical (unpaired) electrons. The highest BCUT2D eigenvalue weighted by Crippen LogP contribution is 2.27. The van der Waals surface area contributed by atoms with Gasteiger partial charge in [0.1, 0.15) is 12.4 Å². The molecule has 3 aromatic rings. The molecule has 0 N–H and O–H groups in total. The third-order valence-electron chi connectivity index (χ3n) is 4.47. The summed E-state index contributed by atoms with van der Waals surface area (Å²) in [6.07, 6.45) is 0.721. The summed E-state index contributed by atoms with van der Waals surface area (Å²) in [7, 11) is 0. The first-order valence-corrected chi connectivity index (χ1v) is 8.90. The van der Waals surface area contributed by atoms with E-state index < -0.39 is 5.41 Å². The lowest BCUT2D eigenvalue weighted by molar-refractivity contribution is 0.0837. The second kappa shape index (κ2) is 8.01.